The number of carbonyl (C=O) groups excluding carboxylic acids is 1. The van der Waals surface area contributed by atoms with Gasteiger partial charge in [0.05, 0.1) is 0 Å². The predicted molar refractivity (Wildman–Crippen MR) is 85.4 cm³/mol. The minimum absolute atomic E-state index is 0. The van der Waals surface area contributed by atoms with Gasteiger partial charge in [0.2, 0.25) is 0 Å². The third-order valence-electron chi connectivity index (χ3n) is 3.33. The molecule has 0 aliphatic heterocycles. The van der Waals surface area contributed by atoms with Crippen LogP contribution in [0.4, 0.5) is 48.3 Å². The second kappa shape index (κ2) is 9.02. The molecule has 0 saturated heterocycles. The van der Waals surface area contributed by atoms with Crippen molar-refractivity contribution in [3.63, 3.8) is 0 Å². The lowest BCUT2D eigenvalue weighted by Gasteiger charge is -2.51. The number of ether oxygens (including phenoxy) is 1. The Morgan fingerprint density at radius 3 is 1.06 bits per heavy atom. The van der Waals surface area contributed by atoms with Gasteiger partial charge in [0.15, 0.2) is 0 Å². The minimum Gasteiger partial charge on any atom is -0.478 e. The molecular formula is C16H19F11O4. The Morgan fingerprint density at radius 1 is 0.645 bits per heavy atom. The van der Waals surface area contributed by atoms with Gasteiger partial charge in [-0.1, -0.05) is 28.0 Å². The van der Waals surface area contributed by atoms with Crippen LogP contribution < -0.4 is 0 Å². The van der Waals surface area contributed by atoms with Crippen LogP contribution in [0.1, 0.15) is 28.7 Å². The maximum atomic E-state index is 13.8. The first-order valence-corrected chi connectivity index (χ1v) is 6.83. The Bertz CT molecular complexity index is 687. The van der Waals surface area contributed by atoms with Crippen LogP contribution in [0, 0.1) is 0 Å². The van der Waals surface area contributed by atoms with Crippen molar-refractivity contribution >= 4 is 11.9 Å². The molecule has 0 bridgehead atoms. The standard InChI is InChI=1S/C10H5F11O2.C4H6O2.2CH4/c1-3(2)4(22)23-10(21)8(17,18)6(13,14)5(11,12)7(15,16)9(10,19)20;1-3(2)4(5)6;;/h1H2,2H3;1H2,2H3,(H,5,6);2*1H4. The normalized spacial score (nSPS) is 22.7. The van der Waals surface area contributed by atoms with Gasteiger partial charge in [-0.25, -0.2) is 9.59 Å². The molecular weight excluding hydrogens is 465 g/mol. The van der Waals surface area contributed by atoms with Crippen LogP contribution in [-0.4, -0.2) is 52.5 Å². The molecule has 0 spiro atoms. The van der Waals surface area contributed by atoms with Crippen molar-refractivity contribution in [1.29, 1.82) is 0 Å². The second-order valence-electron chi connectivity index (χ2n) is 5.72. The molecule has 0 radical (unpaired) electrons. The minimum atomic E-state index is -7.35. The van der Waals surface area contributed by atoms with E-state index in [1.54, 1.807) is 0 Å². The largest absolute Gasteiger partial charge is 0.478 e. The summed E-state index contributed by atoms with van der Waals surface area (Å²) in [6.45, 7) is 7.73. The number of carboxylic acid groups (broad SMARTS) is 1. The third kappa shape index (κ3) is 4.35. The van der Waals surface area contributed by atoms with Gasteiger partial charge >= 0.3 is 47.4 Å². The van der Waals surface area contributed by atoms with Gasteiger partial charge in [0.1, 0.15) is 0 Å². The van der Waals surface area contributed by atoms with E-state index in [1.807, 2.05) is 0 Å². The van der Waals surface area contributed by atoms with E-state index in [1.165, 1.54) is 6.92 Å². The number of rotatable bonds is 3. The molecule has 1 rings (SSSR count). The summed E-state index contributed by atoms with van der Waals surface area (Å²) in [5.41, 5.74) is -0.951. The highest BCUT2D eigenvalue weighted by molar-refractivity contribution is 5.87. The fraction of sp³-hybridized carbons (Fsp3) is 0.625. The van der Waals surface area contributed by atoms with E-state index in [4.69, 9.17) is 5.11 Å². The molecule has 1 aliphatic carbocycles. The smallest absolute Gasteiger partial charge is 0.391 e. The van der Waals surface area contributed by atoms with E-state index in [0.717, 1.165) is 0 Å². The molecule has 0 aromatic rings. The molecule has 0 heterocycles. The van der Waals surface area contributed by atoms with Gasteiger partial charge in [-0.05, 0) is 13.8 Å². The predicted octanol–water partition coefficient (Wildman–Crippen LogP) is 5.88. The first-order chi connectivity index (χ1) is 12.5. The van der Waals surface area contributed by atoms with Crippen molar-refractivity contribution in [2.75, 3.05) is 0 Å². The third-order valence-corrected chi connectivity index (χ3v) is 3.33. The number of esters is 1. The van der Waals surface area contributed by atoms with Gasteiger partial charge in [0, 0.05) is 11.1 Å². The summed E-state index contributed by atoms with van der Waals surface area (Å²) >= 11 is 0. The van der Waals surface area contributed by atoms with Crippen LogP contribution in [0.3, 0.4) is 0 Å². The molecule has 0 unspecified atom stereocenters. The summed E-state index contributed by atoms with van der Waals surface area (Å²) in [4.78, 5) is 20.5. The fourth-order valence-corrected chi connectivity index (χ4v) is 1.54. The van der Waals surface area contributed by atoms with E-state index < -0.39 is 53.0 Å². The average Bonchev–Trinajstić information content (AvgIpc) is 2.52. The highest BCUT2D eigenvalue weighted by Crippen LogP contribution is 2.69. The molecule has 184 valence electrons. The number of hydrogen-bond donors (Lipinski definition) is 1. The maximum Gasteiger partial charge on any atom is 0.391 e. The summed E-state index contributed by atoms with van der Waals surface area (Å²) in [6.07, 6.45) is 0. The van der Waals surface area contributed by atoms with Crippen LogP contribution >= 0.6 is 0 Å². The van der Waals surface area contributed by atoms with Crippen LogP contribution in [0.25, 0.3) is 0 Å². The van der Waals surface area contributed by atoms with Crippen molar-refractivity contribution in [2.45, 2.75) is 64.2 Å². The van der Waals surface area contributed by atoms with Crippen molar-refractivity contribution in [2.24, 2.45) is 0 Å². The molecule has 1 N–H and O–H groups in total. The Balaban J connectivity index is -0.000000861. The number of carbonyl (C=O) groups is 2. The van der Waals surface area contributed by atoms with Crippen LogP contribution in [0.2, 0.25) is 0 Å². The lowest BCUT2D eigenvalue weighted by molar-refractivity contribution is -0.517. The second-order valence-corrected chi connectivity index (χ2v) is 5.72. The van der Waals surface area contributed by atoms with Gasteiger partial charge in [-0.2, -0.15) is 48.3 Å². The number of carboxylic acids is 1. The molecule has 1 aliphatic rings. The maximum absolute atomic E-state index is 13.8. The highest BCUT2D eigenvalue weighted by atomic mass is 19.4. The summed E-state index contributed by atoms with van der Waals surface area (Å²) in [5, 5.41) is 7.89. The summed E-state index contributed by atoms with van der Waals surface area (Å²) in [7, 11) is 0. The Labute approximate surface area is 169 Å². The summed E-state index contributed by atoms with van der Waals surface area (Å²) in [5.74, 6) is -46.6. The number of aliphatic carboxylic acids is 1. The van der Waals surface area contributed by atoms with Crippen molar-refractivity contribution < 1.29 is 67.7 Å². The first-order valence-electron chi connectivity index (χ1n) is 6.83. The van der Waals surface area contributed by atoms with E-state index in [-0.39, 0.29) is 20.4 Å². The molecule has 0 atom stereocenters. The molecule has 0 amide bonds. The topological polar surface area (TPSA) is 63.6 Å². The zero-order valence-corrected chi connectivity index (χ0v) is 14.2. The molecule has 1 saturated carbocycles. The summed E-state index contributed by atoms with van der Waals surface area (Å²) < 4.78 is 147. The SMILES string of the molecule is C.C.C=C(C)C(=O)O.C=C(C)C(=O)OC1(F)C(F)(F)C(F)(F)C(F)(F)C(F)(F)C1(F)F. The lowest BCUT2D eigenvalue weighted by atomic mass is 9.78. The zero-order chi connectivity index (χ0) is 24.0. The van der Waals surface area contributed by atoms with E-state index in [2.05, 4.69) is 17.9 Å². The van der Waals surface area contributed by atoms with E-state index >= 15 is 0 Å². The number of hydrogen-bond acceptors (Lipinski definition) is 3. The quantitative estimate of drug-likeness (QED) is 0.309. The van der Waals surface area contributed by atoms with Gasteiger partial charge in [-0.3, -0.25) is 0 Å². The molecule has 15 heteroatoms. The molecule has 4 nitrogen and oxygen atoms in total. The van der Waals surface area contributed by atoms with Gasteiger partial charge < -0.3 is 9.84 Å². The molecule has 0 aromatic heterocycles. The Morgan fingerprint density at radius 2 is 0.871 bits per heavy atom. The fourth-order valence-electron chi connectivity index (χ4n) is 1.54. The summed E-state index contributed by atoms with van der Waals surface area (Å²) in [6, 6.07) is 0. The number of alkyl halides is 11. The van der Waals surface area contributed by atoms with Crippen LogP contribution in [0.15, 0.2) is 24.3 Å². The average molecular weight is 484 g/mol. The molecule has 1 fully saturated rings. The van der Waals surface area contributed by atoms with Crippen LogP contribution in [0.5, 0.6) is 0 Å². The lowest BCUT2D eigenvalue weighted by Crippen LogP contribution is -2.84. The zero-order valence-electron chi connectivity index (χ0n) is 14.2. The van der Waals surface area contributed by atoms with Gasteiger partial charge in [0.25, 0.3) is 0 Å². The first kappa shape index (κ1) is 33.3. The van der Waals surface area contributed by atoms with E-state index in [9.17, 15) is 57.9 Å². The van der Waals surface area contributed by atoms with Gasteiger partial charge in [-0.15, -0.1) is 0 Å². The highest BCUT2D eigenvalue weighted by Gasteiger charge is 3.03. The molecule has 31 heavy (non-hydrogen) atoms. The van der Waals surface area contributed by atoms with Crippen molar-refractivity contribution in [3.8, 4) is 0 Å². The Kier molecular flexibility index (Phi) is 9.69. The van der Waals surface area contributed by atoms with Crippen molar-refractivity contribution in [3.05, 3.63) is 24.3 Å². The monoisotopic (exact) mass is 484 g/mol. The molecule has 0 aromatic carbocycles. The Hall–Kier alpha value is -2.35. The van der Waals surface area contributed by atoms with E-state index in [0.29, 0.717) is 6.92 Å². The van der Waals surface area contributed by atoms with Crippen molar-refractivity contribution in [1.82, 2.24) is 0 Å². The van der Waals surface area contributed by atoms with Crippen LogP contribution in [-0.2, 0) is 14.3 Å². The number of halogens is 11.